The lowest BCUT2D eigenvalue weighted by Crippen LogP contribution is -2.49. The number of hydrogen-bond acceptors (Lipinski definition) is 3. The van der Waals surface area contributed by atoms with E-state index in [1.165, 1.54) is 5.56 Å². The van der Waals surface area contributed by atoms with Gasteiger partial charge in [-0.1, -0.05) is 60.1 Å². The van der Waals surface area contributed by atoms with Crippen molar-refractivity contribution in [1.29, 1.82) is 0 Å². The molecule has 0 saturated carbocycles. The first-order valence-electron chi connectivity index (χ1n) is 10.3. The van der Waals surface area contributed by atoms with Gasteiger partial charge in [-0.2, -0.15) is 0 Å². The minimum Gasteiger partial charge on any atom is -0.497 e. The van der Waals surface area contributed by atoms with Crippen molar-refractivity contribution < 1.29 is 13.9 Å². The summed E-state index contributed by atoms with van der Waals surface area (Å²) in [5.41, 5.74) is 1.17. The van der Waals surface area contributed by atoms with E-state index in [2.05, 4.69) is 73.7 Å². The van der Waals surface area contributed by atoms with Gasteiger partial charge in [-0.25, -0.2) is 0 Å². The topological polar surface area (TPSA) is 27.7 Å². The molecule has 0 radical (unpaired) electrons. The fourth-order valence-electron chi connectivity index (χ4n) is 2.86. The summed E-state index contributed by atoms with van der Waals surface area (Å²) in [6.07, 6.45) is 1.48. The van der Waals surface area contributed by atoms with Gasteiger partial charge in [0.25, 0.3) is 0 Å². The molecule has 0 aliphatic carbocycles. The maximum absolute atomic E-state index is 6.86. The Bertz CT molecular complexity index is 548. The highest BCUT2D eigenvalue weighted by Crippen LogP contribution is 2.40. The van der Waals surface area contributed by atoms with E-state index in [1.807, 2.05) is 12.1 Å². The molecule has 0 fully saturated rings. The predicted molar refractivity (Wildman–Crippen MR) is 118 cm³/mol. The summed E-state index contributed by atoms with van der Waals surface area (Å²) in [5, 5.41) is 0.214. The van der Waals surface area contributed by atoms with Gasteiger partial charge in [0.05, 0.1) is 25.9 Å². The van der Waals surface area contributed by atoms with Gasteiger partial charge in [-0.15, -0.1) is 0 Å². The lowest BCUT2D eigenvalue weighted by Gasteiger charge is -2.43. The molecule has 4 atom stereocenters. The second kappa shape index (κ2) is 10.1. The van der Waals surface area contributed by atoms with Gasteiger partial charge >= 0.3 is 0 Å². The van der Waals surface area contributed by atoms with Crippen LogP contribution in [-0.2, 0) is 15.8 Å². The zero-order valence-electron chi connectivity index (χ0n) is 19.3. The van der Waals surface area contributed by atoms with Crippen molar-refractivity contribution in [3.63, 3.8) is 0 Å². The number of rotatable bonds is 10. The molecule has 0 aliphatic heterocycles. The van der Waals surface area contributed by atoms with Crippen molar-refractivity contribution in [3.05, 3.63) is 29.8 Å². The van der Waals surface area contributed by atoms with Crippen LogP contribution in [0.2, 0.25) is 18.1 Å². The Kier molecular flexibility index (Phi) is 9.04. The maximum atomic E-state index is 6.86. The highest BCUT2D eigenvalue weighted by atomic mass is 28.4. The van der Waals surface area contributed by atoms with Crippen LogP contribution in [0, 0.1) is 11.8 Å². The van der Waals surface area contributed by atoms with Crippen molar-refractivity contribution in [1.82, 2.24) is 0 Å². The highest BCUT2D eigenvalue weighted by molar-refractivity contribution is 6.74. The average molecular weight is 395 g/mol. The van der Waals surface area contributed by atoms with Crippen molar-refractivity contribution in [3.8, 4) is 5.75 Å². The van der Waals surface area contributed by atoms with Gasteiger partial charge in [0.2, 0.25) is 0 Å². The molecule has 0 heterocycles. The van der Waals surface area contributed by atoms with Crippen molar-refractivity contribution in [2.75, 3.05) is 7.11 Å². The first-order chi connectivity index (χ1) is 12.4. The fraction of sp³-hybridized carbons (Fsp3) is 0.739. The molecule has 0 bridgehead atoms. The third-order valence-corrected chi connectivity index (χ3v) is 10.8. The summed E-state index contributed by atoms with van der Waals surface area (Å²) < 4.78 is 18.3. The molecule has 4 heteroatoms. The molecule has 3 nitrogen and oxygen atoms in total. The van der Waals surface area contributed by atoms with E-state index in [4.69, 9.17) is 13.9 Å². The molecule has 0 amide bonds. The first kappa shape index (κ1) is 24.2. The van der Waals surface area contributed by atoms with Gasteiger partial charge in [0, 0.05) is 5.92 Å². The molecule has 156 valence electrons. The molecular weight excluding hydrogens is 352 g/mol. The van der Waals surface area contributed by atoms with E-state index in [9.17, 15) is 0 Å². The summed E-state index contributed by atoms with van der Waals surface area (Å²) >= 11 is 0. The Morgan fingerprint density at radius 1 is 1.00 bits per heavy atom. The minimum absolute atomic E-state index is 0.135. The number of hydrogen-bond donors (Lipinski definition) is 0. The molecule has 1 aromatic carbocycles. The molecule has 1 rings (SSSR count). The lowest BCUT2D eigenvalue weighted by atomic mass is 9.88. The zero-order valence-corrected chi connectivity index (χ0v) is 20.3. The SMILES string of the molecule is CCC(C)C(O[Si](C)(C)C(C)(C)C)C(C)C(C)OCc1ccc(OC)cc1. The molecule has 27 heavy (non-hydrogen) atoms. The van der Waals surface area contributed by atoms with Crippen LogP contribution in [-0.4, -0.2) is 27.6 Å². The highest BCUT2D eigenvalue weighted by Gasteiger charge is 2.42. The van der Waals surface area contributed by atoms with E-state index < -0.39 is 8.32 Å². The molecular formula is C23H42O3Si. The Morgan fingerprint density at radius 3 is 2.00 bits per heavy atom. The molecule has 0 saturated heterocycles. The molecule has 4 unspecified atom stereocenters. The Morgan fingerprint density at radius 2 is 1.56 bits per heavy atom. The second-order valence-electron chi connectivity index (χ2n) is 9.45. The summed E-state index contributed by atoms with van der Waals surface area (Å²) in [6.45, 7) is 21.2. The van der Waals surface area contributed by atoms with Crippen LogP contribution in [0.3, 0.4) is 0 Å². The normalized spacial score (nSPS) is 17.3. The van der Waals surface area contributed by atoms with Crippen LogP contribution in [0.1, 0.15) is 60.5 Å². The zero-order chi connectivity index (χ0) is 20.8. The lowest BCUT2D eigenvalue weighted by molar-refractivity contribution is -0.0396. The Balaban J connectivity index is 2.79. The Hall–Kier alpha value is -0.843. The van der Waals surface area contributed by atoms with E-state index in [0.29, 0.717) is 18.4 Å². The smallest absolute Gasteiger partial charge is 0.192 e. The summed E-state index contributed by atoms with van der Waals surface area (Å²) in [5.74, 6) is 1.73. The second-order valence-corrected chi connectivity index (χ2v) is 14.2. The van der Waals surface area contributed by atoms with Crippen LogP contribution < -0.4 is 4.74 Å². The quantitative estimate of drug-likeness (QED) is 0.415. The van der Waals surface area contributed by atoms with Gasteiger partial charge in [0.1, 0.15) is 5.75 Å². The summed E-state index contributed by atoms with van der Waals surface area (Å²) in [7, 11) is -0.135. The van der Waals surface area contributed by atoms with Crippen molar-refractivity contribution >= 4 is 8.32 Å². The summed E-state index contributed by atoms with van der Waals surface area (Å²) in [4.78, 5) is 0. The maximum Gasteiger partial charge on any atom is 0.192 e. The monoisotopic (exact) mass is 394 g/mol. The molecule has 1 aromatic rings. The van der Waals surface area contributed by atoms with Crippen LogP contribution in [0.4, 0.5) is 0 Å². The van der Waals surface area contributed by atoms with E-state index in [-0.39, 0.29) is 17.2 Å². The third kappa shape index (κ3) is 6.92. The van der Waals surface area contributed by atoms with Gasteiger partial charge < -0.3 is 13.9 Å². The fourth-order valence-corrected chi connectivity index (χ4v) is 4.34. The number of methoxy groups -OCH3 is 1. The third-order valence-electron chi connectivity index (χ3n) is 6.37. The molecule has 0 spiro atoms. The van der Waals surface area contributed by atoms with Crippen LogP contribution in [0.25, 0.3) is 0 Å². The average Bonchev–Trinajstić information content (AvgIpc) is 2.62. The predicted octanol–water partition coefficient (Wildman–Crippen LogP) is 6.67. The van der Waals surface area contributed by atoms with E-state index in [1.54, 1.807) is 7.11 Å². The minimum atomic E-state index is -1.82. The van der Waals surface area contributed by atoms with E-state index in [0.717, 1.165) is 12.2 Å². The summed E-state index contributed by atoms with van der Waals surface area (Å²) in [6, 6.07) is 8.09. The molecule has 0 N–H and O–H groups in total. The van der Waals surface area contributed by atoms with Crippen LogP contribution >= 0.6 is 0 Å². The van der Waals surface area contributed by atoms with Crippen LogP contribution in [0.5, 0.6) is 5.75 Å². The first-order valence-corrected chi connectivity index (χ1v) is 13.3. The largest absolute Gasteiger partial charge is 0.497 e. The van der Waals surface area contributed by atoms with Crippen molar-refractivity contribution in [2.45, 2.75) is 91.8 Å². The van der Waals surface area contributed by atoms with E-state index >= 15 is 0 Å². The molecule has 0 aliphatic rings. The molecule has 0 aromatic heterocycles. The number of benzene rings is 1. The standard InChI is InChI=1S/C23H42O3Si/c1-11-17(2)22(26-27(9,10)23(5,6)7)18(3)19(4)25-16-20-12-14-21(24-8)15-13-20/h12-15,17-19,22H,11,16H2,1-10H3. The van der Waals surface area contributed by atoms with Crippen LogP contribution in [0.15, 0.2) is 24.3 Å². The Labute approximate surface area is 168 Å². The van der Waals surface area contributed by atoms with Crippen molar-refractivity contribution in [2.24, 2.45) is 11.8 Å². The van der Waals surface area contributed by atoms with Gasteiger partial charge in [-0.05, 0) is 48.7 Å². The van der Waals surface area contributed by atoms with Gasteiger partial charge in [-0.3, -0.25) is 0 Å². The number of ether oxygens (including phenoxy) is 2. The van der Waals surface area contributed by atoms with Gasteiger partial charge in [0.15, 0.2) is 8.32 Å².